The van der Waals surface area contributed by atoms with E-state index in [0.717, 1.165) is 23.3 Å². The van der Waals surface area contributed by atoms with Crippen LogP contribution in [0, 0.1) is 0 Å². The summed E-state index contributed by atoms with van der Waals surface area (Å²) >= 11 is 0. The fourth-order valence-electron chi connectivity index (χ4n) is 4.10. The molecular formula is C19H22N4O4. The largest absolute Gasteiger partial charge is 0.325 e. The molecule has 1 atom stereocenters. The molecule has 1 unspecified atom stereocenters. The van der Waals surface area contributed by atoms with Crippen molar-refractivity contribution >= 4 is 23.6 Å². The molecule has 1 aromatic carbocycles. The van der Waals surface area contributed by atoms with Gasteiger partial charge in [-0.15, -0.1) is 0 Å². The van der Waals surface area contributed by atoms with Crippen molar-refractivity contribution in [1.29, 1.82) is 0 Å². The summed E-state index contributed by atoms with van der Waals surface area (Å²) in [5, 5.41) is 5.60. The lowest BCUT2D eigenvalue weighted by atomic mass is 9.75. The first-order valence-electron chi connectivity index (χ1n) is 9.12. The molecule has 1 saturated heterocycles. The summed E-state index contributed by atoms with van der Waals surface area (Å²) in [4.78, 5) is 49.8. The summed E-state index contributed by atoms with van der Waals surface area (Å²) in [5.41, 5.74) is 7.40. The van der Waals surface area contributed by atoms with Crippen molar-refractivity contribution < 1.29 is 19.2 Å². The van der Waals surface area contributed by atoms with Gasteiger partial charge in [0.15, 0.2) is 0 Å². The van der Waals surface area contributed by atoms with Crippen LogP contribution >= 0.6 is 0 Å². The number of nitrogens with zero attached hydrogens (tertiary/aromatic N) is 1. The maximum absolute atomic E-state index is 12.8. The molecule has 4 amide bonds. The van der Waals surface area contributed by atoms with Crippen LogP contribution in [0.3, 0.4) is 0 Å². The van der Waals surface area contributed by atoms with E-state index >= 15 is 0 Å². The van der Waals surface area contributed by atoms with Crippen LogP contribution in [-0.2, 0) is 16.1 Å². The Morgan fingerprint density at radius 1 is 1.19 bits per heavy atom. The molecule has 8 heteroatoms. The normalized spacial score (nSPS) is 30.2. The zero-order valence-corrected chi connectivity index (χ0v) is 15.1. The number of benzene rings is 1. The topological polar surface area (TPSA) is 122 Å². The average Bonchev–Trinajstić information content (AvgIpc) is 2.82. The predicted octanol–water partition coefficient (Wildman–Crippen LogP) is 0.0572. The standard InChI is InChI=1S/C19H22N4O4/c1-19(20)7-11(8-19)21-9-10-2-3-12-13(6-10)18(27)23(17(12)26)14-4-5-15(24)22-16(14)25/h2-3,6,11,14,21H,4-5,7-9,20H2,1H3,(H,22,24,25). The lowest BCUT2D eigenvalue weighted by Gasteiger charge is -2.42. The van der Waals surface area contributed by atoms with Crippen LogP contribution < -0.4 is 16.4 Å². The van der Waals surface area contributed by atoms with Crippen molar-refractivity contribution in [2.45, 2.75) is 56.8 Å². The Balaban J connectivity index is 1.48. The molecule has 1 saturated carbocycles. The first-order chi connectivity index (χ1) is 12.7. The van der Waals surface area contributed by atoms with E-state index in [1.807, 2.05) is 13.0 Å². The summed E-state index contributed by atoms with van der Waals surface area (Å²) < 4.78 is 0. The van der Waals surface area contributed by atoms with Crippen LogP contribution in [0.25, 0.3) is 0 Å². The second kappa shape index (κ2) is 6.24. The van der Waals surface area contributed by atoms with E-state index in [0.29, 0.717) is 23.7 Å². The van der Waals surface area contributed by atoms with Crippen LogP contribution in [0.2, 0.25) is 0 Å². The molecule has 0 bridgehead atoms. The second-order valence-electron chi connectivity index (χ2n) is 7.97. The lowest BCUT2D eigenvalue weighted by Crippen LogP contribution is -2.57. The zero-order chi connectivity index (χ0) is 19.3. The number of nitrogens with two attached hydrogens (primary N) is 1. The second-order valence-corrected chi connectivity index (χ2v) is 7.97. The highest BCUT2D eigenvalue weighted by Gasteiger charge is 2.44. The number of rotatable bonds is 4. The van der Waals surface area contributed by atoms with Crippen molar-refractivity contribution in [3.05, 3.63) is 34.9 Å². The molecule has 4 rings (SSSR count). The highest BCUT2D eigenvalue weighted by atomic mass is 16.2. The lowest BCUT2D eigenvalue weighted by molar-refractivity contribution is -0.136. The first kappa shape index (κ1) is 17.8. The van der Waals surface area contributed by atoms with Crippen molar-refractivity contribution in [2.24, 2.45) is 5.73 Å². The van der Waals surface area contributed by atoms with Crippen LogP contribution in [0.4, 0.5) is 0 Å². The van der Waals surface area contributed by atoms with Gasteiger partial charge in [0.25, 0.3) is 11.8 Å². The molecule has 1 aromatic rings. The number of hydrogen-bond donors (Lipinski definition) is 3. The Bertz CT molecular complexity index is 855. The fourth-order valence-corrected chi connectivity index (χ4v) is 4.10. The highest BCUT2D eigenvalue weighted by molar-refractivity contribution is 6.23. The van der Waals surface area contributed by atoms with Crippen molar-refractivity contribution in [1.82, 2.24) is 15.5 Å². The summed E-state index contributed by atoms with van der Waals surface area (Å²) in [6.07, 6.45) is 2.07. The van der Waals surface area contributed by atoms with E-state index in [-0.39, 0.29) is 24.3 Å². The molecule has 27 heavy (non-hydrogen) atoms. The molecule has 142 valence electrons. The third kappa shape index (κ3) is 3.15. The van der Waals surface area contributed by atoms with Gasteiger partial charge in [-0.2, -0.15) is 0 Å². The van der Waals surface area contributed by atoms with Crippen LogP contribution in [-0.4, -0.2) is 46.2 Å². The van der Waals surface area contributed by atoms with Gasteiger partial charge in [-0.1, -0.05) is 6.07 Å². The molecular weight excluding hydrogens is 348 g/mol. The SMILES string of the molecule is CC1(N)CC(NCc2ccc3c(c2)C(=O)N(C2CCC(=O)NC2=O)C3=O)C1. The molecule has 8 nitrogen and oxygen atoms in total. The molecule has 1 aliphatic carbocycles. The highest BCUT2D eigenvalue weighted by Crippen LogP contribution is 2.30. The van der Waals surface area contributed by atoms with E-state index in [1.54, 1.807) is 12.1 Å². The minimum atomic E-state index is -0.936. The third-order valence-corrected chi connectivity index (χ3v) is 5.52. The smallest absolute Gasteiger partial charge is 0.262 e. The van der Waals surface area contributed by atoms with Crippen LogP contribution in [0.15, 0.2) is 18.2 Å². The molecule has 4 N–H and O–H groups in total. The van der Waals surface area contributed by atoms with E-state index < -0.39 is 23.8 Å². The molecule has 2 fully saturated rings. The fraction of sp³-hybridized carbons (Fsp3) is 0.474. The van der Waals surface area contributed by atoms with Gasteiger partial charge in [-0.3, -0.25) is 29.4 Å². The molecule has 0 aromatic heterocycles. The molecule has 0 spiro atoms. The van der Waals surface area contributed by atoms with Gasteiger partial charge < -0.3 is 11.1 Å². The number of imide groups is 2. The van der Waals surface area contributed by atoms with Gasteiger partial charge in [-0.05, 0) is 43.9 Å². The van der Waals surface area contributed by atoms with Crippen LogP contribution in [0.5, 0.6) is 0 Å². The number of carbonyl (C=O) groups is 4. The van der Waals surface area contributed by atoms with Crippen LogP contribution in [0.1, 0.15) is 58.9 Å². The van der Waals surface area contributed by atoms with E-state index in [9.17, 15) is 19.2 Å². The van der Waals surface area contributed by atoms with Crippen molar-refractivity contribution in [3.8, 4) is 0 Å². The number of piperidine rings is 1. The Morgan fingerprint density at radius 3 is 2.56 bits per heavy atom. The van der Waals surface area contributed by atoms with Gasteiger partial charge in [0.1, 0.15) is 6.04 Å². The number of amides is 4. The van der Waals surface area contributed by atoms with Gasteiger partial charge in [-0.25, -0.2) is 0 Å². The Labute approximate surface area is 156 Å². The van der Waals surface area contributed by atoms with Crippen molar-refractivity contribution in [2.75, 3.05) is 0 Å². The van der Waals surface area contributed by atoms with E-state index in [2.05, 4.69) is 10.6 Å². The molecule has 3 aliphatic rings. The predicted molar refractivity (Wildman–Crippen MR) is 95.6 cm³/mol. The Hall–Kier alpha value is -2.58. The van der Waals surface area contributed by atoms with E-state index in [1.165, 1.54) is 0 Å². The minimum absolute atomic E-state index is 0.111. The quantitative estimate of drug-likeness (QED) is 0.644. The number of fused-ring (bicyclic) bond motifs is 1. The molecule has 2 heterocycles. The summed E-state index contributed by atoms with van der Waals surface area (Å²) in [7, 11) is 0. The van der Waals surface area contributed by atoms with Crippen molar-refractivity contribution in [3.63, 3.8) is 0 Å². The minimum Gasteiger partial charge on any atom is -0.325 e. The molecule has 0 radical (unpaired) electrons. The van der Waals surface area contributed by atoms with E-state index in [4.69, 9.17) is 5.73 Å². The average molecular weight is 370 g/mol. The first-order valence-corrected chi connectivity index (χ1v) is 9.12. The molecule has 2 aliphatic heterocycles. The number of carbonyl (C=O) groups excluding carboxylic acids is 4. The maximum Gasteiger partial charge on any atom is 0.262 e. The van der Waals surface area contributed by atoms with Gasteiger partial charge in [0, 0.05) is 24.5 Å². The summed E-state index contributed by atoms with van der Waals surface area (Å²) in [6, 6.07) is 4.56. The van der Waals surface area contributed by atoms with Gasteiger partial charge >= 0.3 is 0 Å². The zero-order valence-electron chi connectivity index (χ0n) is 15.1. The maximum atomic E-state index is 12.8. The number of nitrogens with one attached hydrogen (secondary N) is 2. The Kier molecular flexibility index (Phi) is 4.12. The van der Waals surface area contributed by atoms with Gasteiger partial charge in [0.2, 0.25) is 11.8 Å². The Morgan fingerprint density at radius 2 is 1.89 bits per heavy atom. The van der Waals surface area contributed by atoms with Gasteiger partial charge in [0.05, 0.1) is 11.1 Å². The summed E-state index contributed by atoms with van der Waals surface area (Å²) in [5.74, 6) is -1.95. The number of hydrogen-bond acceptors (Lipinski definition) is 6. The summed E-state index contributed by atoms with van der Waals surface area (Å²) in [6.45, 7) is 2.60. The monoisotopic (exact) mass is 370 g/mol. The third-order valence-electron chi connectivity index (χ3n) is 5.52.